The maximum Gasteiger partial charge on any atom is 0.240 e. The topological polar surface area (TPSA) is 62.4 Å². The first-order valence-corrected chi connectivity index (χ1v) is 4.94. The van der Waals surface area contributed by atoms with E-state index in [0.717, 1.165) is 18.8 Å². The van der Waals surface area contributed by atoms with Crippen LogP contribution in [0.5, 0.6) is 0 Å². The van der Waals surface area contributed by atoms with Crippen LogP contribution in [0.4, 0.5) is 0 Å². The van der Waals surface area contributed by atoms with E-state index in [1.807, 2.05) is 18.7 Å². The Balaban J connectivity index is 2.48. The average Bonchev–Trinajstić information content (AvgIpc) is 2.65. The van der Waals surface area contributed by atoms with Crippen molar-refractivity contribution in [3.8, 4) is 0 Å². The molecule has 0 aliphatic heterocycles. The second-order valence-corrected chi connectivity index (χ2v) is 3.05. The lowest BCUT2D eigenvalue weighted by Crippen LogP contribution is -2.26. The summed E-state index contributed by atoms with van der Waals surface area (Å²) in [4.78, 5) is 6.25. The van der Waals surface area contributed by atoms with Crippen LogP contribution in [0.15, 0.2) is 4.52 Å². The number of likely N-dealkylation sites (N-methyl/N-ethyl adjacent to an activating group) is 1. The lowest BCUT2D eigenvalue weighted by atomic mass is 10.4. The molecule has 1 heterocycles. The van der Waals surface area contributed by atoms with Crippen LogP contribution in [0.1, 0.15) is 25.6 Å². The molecule has 0 unspecified atom stereocenters. The van der Waals surface area contributed by atoms with E-state index in [0.29, 0.717) is 19.0 Å². The summed E-state index contributed by atoms with van der Waals surface area (Å²) in [7, 11) is 0. The zero-order valence-electron chi connectivity index (χ0n) is 8.73. The molecule has 14 heavy (non-hydrogen) atoms. The molecule has 0 saturated carbocycles. The summed E-state index contributed by atoms with van der Waals surface area (Å²) in [5, 5.41) is 12.6. The van der Waals surface area contributed by atoms with Gasteiger partial charge in [0.05, 0.1) is 13.2 Å². The van der Waals surface area contributed by atoms with Gasteiger partial charge in [-0.15, -0.1) is 0 Å². The van der Waals surface area contributed by atoms with Gasteiger partial charge in [-0.2, -0.15) is 4.98 Å². The Morgan fingerprint density at radius 1 is 1.43 bits per heavy atom. The van der Waals surface area contributed by atoms with Gasteiger partial charge in [-0.3, -0.25) is 4.90 Å². The number of hydrogen-bond donors (Lipinski definition) is 1. The van der Waals surface area contributed by atoms with Gasteiger partial charge in [-0.05, 0) is 6.54 Å². The highest BCUT2D eigenvalue weighted by atomic mass is 16.5. The predicted octanol–water partition coefficient (Wildman–Crippen LogP) is 0.446. The highest BCUT2D eigenvalue weighted by Gasteiger charge is 2.09. The first-order chi connectivity index (χ1) is 6.80. The molecule has 1 aromatic heterocycles. The lowest BCUT2D eigenvalue weighted by molar-refractivity contribution is 0.180. The summed E-state index contributed by atoms with van der Waals surface area (Å²) in [6.07, 6.45) is 0.787. The van der Waals surface area contributed by atoms with Gasteiger partial charge in [0.1, 0.15) is 0 Å². The van der Waals surface area contributed by atoms with Crippen molar-refractivity contribution in [2.45, 2.75) is 26.8 Å². The number of hydrogen-bond acceptors (Lipinski definition) is 5. The fraction of sp³-hybridized carbons (Fsp3) is 0.778. The van der Waals surface area contributed by atoms with E-state index in [4.69, 9.17) is 9.63 Å². The minimum Gasteiger partial charge on any atom is -0.395 e. The van der Waals surface area contributed by atoms with Gasteiger partial charge >= 0.3 is 0 Å². The molecular formula is C9H17N3O2. The standard InChI is InChI=1S/C9H17N3O2/c1-3-8-10-9(14-11-8)7-12(4-2)5-6-13/h13H,3-7H2,1-2H3. The number of aliphatic hydroxyl groups excluding tert-OH is 1. The summed E-state index contributed by atoms with van der Waals surface area (Å²) in [5.74, 6) is 1.36. The van der Waals surface area contributed by atoms with E-state index in [-0.39, 0.29) is 6.61 Å². The molecule has 0 aliphatic rings. The van der Waals surface area contributed by atoms with Crippen LogP contribution in [0.25, 0.3) is 0 Å². The zero-order chi connectivity index (χ0) is 10.4. The number of aliphatic hydroxyl groups is 1. The molecule has 0 spiro atoms. The van der Waals surface area contributed by atoms with Gasteiger partial charge in [0.2, 0.25) is 5.89 Å². The lowest BCUT2D eigenvalue weighted by Gasteiger charge is -2.15. The molecule has 5 heteroatoms. The summed E-state index contributed by atoms with van der Waals surface area (Å²) in [5.41, 5.74) is 0. The molecule has 1 aromatic rings. The summed E-state index contributed by atoms with van der Waals surface area (Å²) in [6, 6.07) is 0. The molecule has 0 atom stereocenters. The summed E-state index contributed by atoms with van der Waals surface area (Å²) >= 11 is 0. The van der Waals surface area contributed by atoms with E-state index >= 15 is 0 Å². The third-order valence-electron chi connectivity index (χ3n) is 2.05. The number of rotatable bonds is 6. The Bertz CT molecular complexity index is 262. The molecule has 0 amide bonds. The van der Waals surface area contributed by atoms with E-state index in [9.17, 15) is 0 Å². The van der Waals surface area contributed by atoms with Crippen molar-refractivity contribution in [2.75, 3.05) is 19.7 Å². The van der Waals surface area contributed by atoms with Crippen LogP contribution in [0, 0.1) is 0 Å². The maximum atomic E-state index is 8.79. The molecule has 0 aliphatic carbocycles. The van der Waals surface area contributed by atoms with Gasteiger partial charge < -0.3 is 9.63 Å². The fourth-order valence-corrected chi connectivity index (χ4v) is 1.18. The van der Waals surface area contributed by atoms with Gasteiger partial charge in [-0.25, -0.2) is 0 Å². The Kier molecular flexibility index (Phi) is 4.55. The molecule has 0 fully saturated rings. The highest BCUT2D eigenvalue weighted by Crippen LogP contribution is 2.02. The molecule has 0 saturated heterocycles. The van der Waals surface area contributed by atoms with Crippen LogP contribution >= 0.6 is 0 Å². The molecule has 80 valence electrons. The second kappa shape index (κ2) is 5.72. The van der Waals surface area contributed by atoms with Crippen molar-refractivity contribution < 1.29 is 9.63 Å². The number of aromatic nitrogens is 2. The molecule has 0 bridgehead atoms. The first-order valence-electron chi connectivity index (χ1n) is 4.94. The zero-order valence-corrected chi connectivity index (χ0v) is 8.73. The van der Waals surface area contributed by atoms with Crippen LogP contribution in [0.3, 0.4) is 0 Å². The van der Waals surface area contributed by atoms with Crippen LogP contribution in [0.2, 0.25) is 0 Å². The number of aryl methyl sites for hydroxylation is 1. The molecule has 1 N–H and O–H groups in total. The molecule has 0 aromatic carbocycles. The molecule has 1 rings (SSSR count). The van der Waals surface area contributed by atoms with E-state index in [1.54, 1.807) is 0 Å². The van der Waals surface area contributed by atoms with Gasteiger partial charge in [0, 0.05) is 13.0 Å². The molecular weight excluding hydrogens is 182 g/mol. The third kappa shape index (κ3) is 3.08. The highest BCUT2D eigenvalue weighted by molar-refractivity contribution is 4.85. The minimum absolute atomic E-state index is 0.155. The van der Waals surface area contributed by atoms with Gasteiger partial charge in [-0.1, -0.05) is 19.0 Å². The number of nitrogens with zero attached hydrogens (tertiary/aromatic N) is 3. The predicted molar refractivity (Wildman–Crippen MR) is 51.7 cm³/mol. The summed E-state index contributed by atoms with van der Waals surface area (Å²) in [6.45, 7) is 6.30. The fourth-order valence-electron chi connectivity index (χ4n) is 1.18. The Hall–Kier alpha value is -0.940. The quantitative estimate of drug-likeness (QED) is 0.720. The van der Waals surface area contributed by atoms with Crippen molar-refractivity contribution >= 4 is 0 Å². The van der Waals surface area contributed by atoms with Crippen LogP contribution < -0.4 is 0 Å². The van der Waals surface area contributed by atoms with Crippen LogP contribution in [-0.4, -0.2) is 39.8 Å². The Morgan fingerprint density at radius 3 is 2.71 bits per heavy atom. The Morgan fingerprint density at radius 2 is 2.21 bits per heavy atom. The first kappa shape index (κ1) is 11.1. The smallest absolute Gasteiger partial charge is 0.240 e. The van der Waals surface area contributed by atoms with E-state index in [1.165, 1.54) is 0 Å². The Labute approximate surface area is 83.7 Å². The SMILES string of the molecule is CCc1noc(CN(CC)CCO)n1. The van der Waals surface area contributed by atoms with Crippen molar-refractivity contribution in [2.24, 2.45) is 0 Å². The summed E-state index contributed by atoms with van der Waals surface area (Å²) < 4.78 is 5.05. The van der Waals surface area contributed by atoms with E-state index in [2.05, 4.69) is 10.1 Å². The molecule has 0 radical (unpaired) electrons. The molecule has 5 nitrogen and oxygen atoms in total. The second-order valence-electron chi connectivity index (χ2n) is 3.05. The maximum absolute atomic E-state index is 8.79. The average molecular weight is 199 g/mol. The van der Waals surface area contributed by atoms with Crippen molar-refractivity contribution in [3.05, 3.63) is 11.7 Å². The minimum atomic E-state index is 0.155. The monoisotopic (exact) mass is 199 g/mol. The third-order valence-corrected chi connectivity index (χ3v) is 2.05. The van der Waals surface area contributed by atoms with Crippen molar-refractivity contribution in [1.82, 2.24) is 15.0 Å². The largest absolute Gasteiger partial charge is 0.395 e. The van der Waals surface area contributed by atoms with Crippen LogP contribution in [-0.2, 0) is 13.0 Å². The van der Waals surface area contributed by atoms with Crippen molar-refractivity contribution in [3.63, 3.8) is 0 Å². The normalized spacial score (nSPS) is 11.1. The van der Waals surface area contributed by atoms with Gasteiger partial charge in [0.25, 0.3) is 0 Å². The van der Waals surface area contributed by atoms with Crippen molar-refractivity contribution in [1.29, 1.82) is 0 Å². The van der Waals surface area contributed by atoms with E-state index < -0.39 is 0 Å². The van der Waals surface area contributed by atoms with Gasteiger partial charge in [0.15, 0.2) is 5.82 Å².